The van der Waals surface area contributed by atoms with Crippen LogP contribution in [0.4, 0.5) is 0 Å². The van der Waals surface area contributed by atoms with Crippen molar-refractivity contribution >= 4 is 17.2 Å². The van der Waals surface area contributed by atoms with E-state index in [4.69, 9.17) is 0 Å². The standard InChI is InChI=1S/C19H23NOS/c1-15(14-17-10-7-13-22-17)20-18(21)19(11-5-6-12-19)16-8-3-2-4-9-16/h2-4,7-10,13,15H,5-6,11-12,14H2,1H3,(H,20,21). The summed E-state index contributed by atoms with van der Waals surface area (Å²) < 4.78 is 0. The first-order valence-corrected chi connectivity index (χ1v) is 8.97. The average Bonchev–Trinajstić information content (AvgIpc) is 3.19. The Kier molecular flexibility index (Phi) is 4.63. The van der Waals surface area contributed by atoms with E-state index in [0.717, 1.165) is 32.1 Å². The molecule has 1 saturated carbocycles. The fourth-order valence-corrected chi connectivity index (χ4v) is 4.36. The van der Waals surface area contributed by atoms with Crippen LogP contribution in [0.5, 0.6) is 0 Å². The topological polar surface area (TPSA) is 29.1 Å². The Bertz CT molecular complexity index is 600. The van der Waals surface area contributed by atoms with E-state index in [0.29, 0.717) is 0 Å². The van der Waals surface area contributed by atoms with E-state index in [9.17, 15) is 4.79 Å². The number of amides is 1. The molecular formula is C19H23NOS. The molecule has 1 heterocycles. The summed E-state index contributed by atoms with van der Waals surface area (Å²) >= 11 is 1.75. The molecule has 0 bridgehead atoms. The number of hydrogen-bond acceptors (Lipinski definition) is 2. The molecule has 1 aliphatic rings. The molecule has 1 aromatic heterocycles. The molecule has 2 aromatic rings. The van der Waals surface area contributed by atoms with Gasteiger partial charge in [0.2, 0.25) is 5.91 Å². The Labute approximate surface area is 136 Å². The Morgan fingerprint density at radius 2 is 1.91 bits per heavy atom. The first kappa shape index (κ1) is 15.3. The zero-order valence-electron chi connectivity index (χ0n) is 13.0. The second kappa shape index (κ2) is 6.66. The van der Waals surface area contributed by atoms with Crippen LogP contribution in [0, 0.1) is 0 Å². The van der Waals surface area contributed by atoms with E-state index in [-0.39, 0.29) is 17.4 Å². The zero-order valence-corrected chi connectivity index (χ0v) is 13.9. The van der Waals surface area contributed by atoms with Crippen molar-refractivity contribution in [2.24, 2.45) is 0 Å². The van der Waals surface area contributed by atoms with Gasteiger partial charge in [0.05, 0.1) is 5.41 Å². The molecule has 1 aliphatic carbocycles. The van der Waals surface area contributed by atoms with Crippen molar-refractivity contribution in [1.82, 2.24) is 5.32 Å². The molecule has 116 valence electrons. The van der Waals surface area contributed by atoms with E-state index < -0.39 is 0 Å². The molecule has 0 spiro atoms. The van der Waals surface area contributed by atoms with Crippen LogP contribution < -0.4 is 5.32 Å². The number of carbonyl (C=O) groups excluding carboxylic acids is 1. The Hall–Kier alpha value is -1.61. The predicted octanol–water partition coefficient (Wildman–Crippen LogP) is 4.31. The lowest BCUT2D eigenvalue weighted by Gasteiger charge is -2.30. The highest BCUT2D eigenvalue weighted by molar-refractivity contribution is 7.09. The SMILES string of the molecule is CC(Cc1cccs1)NC(=O)C1(c2ccccc2)CCCC1. The minimum absolute atomic E-state index is 0.173. The third-order valence-electron chi connectivity index (χ3n) is 4.68. The van der Waals surface area contributed by atoms with Gasteiger partial charge in [0.15, 0.2) is 0 Å². The lowest BCUT2D eigenvalue weighted by molar-refractivity contribution is -0.127. The number of thiophene rings is 1. The fourth-order valence-electron chi connectivity index (χ4n) is 3.53. The summed E-state index contributed by atoms with van der Waals surface area (Å²) in [5.74, 6) is 0.209. The molecule has 0 saturated heterocycles. The van der Waals surface area contributed by atoms with Gasteiger partial charge in [-0.15, -0.1) is 11.3 Å². The number of rotatable bonds is 5. The molecule has 1 unspecified atom stereocenters. The van der Waals surface area contributed by atoms with Crippen LogP contribution in [0.3, 0.4) is 0 Å². The summed E-state index contributed by atoms with van der Waals surface area (Å²) in [6.07, 6.45) is 5.13. The van der Waals surface area contributed by atoms with E-state index in [2.05, 4.69) is 41.9 Å². The highest BCUT2D eigenvalue weighted by atomic mass is 32.1. The third-order valence-corrected chi connectivity index (χ3v) is 5.58. The van der Waals surface area contributed by atoms with Gasteiger partial charge in [-0.05, 0) is 36.8 Å². The fraction of sp³-hybridized carbons (Fsp3) is 0.421. The number of benzene rings is 1. The molecule has 1 amide bonds. The van der Waals surface area contributed by atoms with Crippen molar-refractivity contribution in [3.05, 3.63) is 58.3 Å². The van der Waals surface area contributed by atoms with E-state index >= 15 is 0 Å². The highest BCUT2D eigenvalue weighted by Crippen LogP contribution is 2.41. The predicted molar refractivity (Wildman–Crippen MR) is 92.2 cm³/mol. The van der Waals surface area contributed by atoms with E-state index in [1.165, 1.54) is 10.4 Å². The molecule has 1 atom stereocenters. The molecule has 1 fully saturated rings. The summed E-state index contributed by atoms with van der Waals surface area (Å²) in [6, 6.07) is 14.7. The van der Waals surface area contributed by atoms with Crippen molar-refractivity contribution in [3.8, 4) is 0 Å². The first-order valence-electron chi connectivity index (χ1n) is 8.09. The quantitative estimate of drug-likeness (QED) is 0.875. The van der Waals surface area contributed by atoms with Crippen LogP contribution in [0.1, 0.15) is 43.0 Å². The van der Waals surface area contributed by atoms with E-state index in [1.807, 2.05) is 18.2 Å². The van der Waals surface area contributed by atoms with Crippen molar-refractivity contribution < 1.29 is 4.79 Å². The Balaban J connectivity index is 1.73. The Morgan fingerprint density at radius 1 is 1.18 bits per heavy atom. The van der Waals surface area contributed by atoms with Gasteiger partial charge >= 0.3 is 0 Å². The highest BCUT2D eigenvalue weighted by Gasteiger charge is 2.42. The minimum atomic E-state index is -0.315. The van der Waals surface area contributed by atoms with Gasteiger partial charge in [-0.1, -0.05) is 49.2 Å². The molecule has 1 N–H and O–H groups in total. The number of nitrogens with one attached hydrogen (secondary N) is 1. The average molecular weight is 313 g/mol. The van der Waals surface area contributed by atoms with Crippen LogP contribution in [0.2, 0.25) is 0 Å². The molecule has 1 aromatic carbocycles. The second-order valence-electron chi connectivity index (χ2n) is 6.31. The molecule has 3 rings (SSSR count). The molecule has 22 heavy (non-hydrogen) atoms. The maximum absolute atomic E-state index is 13.0. The smallest absolute Gasteiger partial charge is 0.230 e. The van der Waals surface area contributed by atoms with Gasteiger partial charge < -0.3 is 5.32 Å². The zero-order chi connectivity index (χ0) is 15.4. The summed E-state index contributed by atoms with van der Waals surface area (Å²) in [5.41, 5.74) is 0.860. The molecule has 0 aliphatic heterocycles. The summed E-state index contributed by atoms with van der Waals surface area (Å²) in [4.78, 5) is 14.3. The Morgan fingerprint density at radius 3 is 2.55 bits per heavy atom. The van der Waals surface area contributed by atoms with Crippen molar-refractivity contribution in [1.29, 1.82) is 0 Å². The van der Waals surface area contributed by atoms with Gasteiger partial charge in [0.25, 0.3) is 0 Å². The van der Waals surface area contributed by atoms with Gasteiger partial charge in [-0.25, -0.2) is 0 Å². The minimum Gasteiger partial charge on any atom is -0.353 e. The number of carbonyl (C=O) groups is 1. The second-order valence-corrected chi connectivity index (χ2v) is 7.35. The molecular weight excluding hydrogens is 290 g/mol. The maximum atomic E-state index is 13.0. The summed E-state index contributed by atoms with van der Waals surface area (Å²) in [7, 11) is 0. The molecule has 3 heteroatoms. The van der Waals surface area contributed by atoms with Crippen LogP contribution in [0.15, 0.2) is 47.8 Å². The van der Waals surface area contributed by atoms with Gasteiger partial charge in [-0.3, -0.25) is 4.79 Å². The molecule has 2 nitrogen and oxygen atoms in total. The van der Waals surface area contributed by atoms with Crippen molar-refractivity contribution in [2.75, 3.05) is 0 Å². The van der Waals surface area contributed by atoms with Crippen LogP contribution in [-0.4, -0.2) is 11.9 Å². The van der Waals surface area contributed by atoms with Crippen LogP contribution in [0.25, 0.3) is 0 Å². The number of hydrogen-bond donors (Lipinski definition) is 1. The van der Waals surface area contributed by atoms with Crippen molar-refractivity contribution in [3.63, 3.8) is 0 Å². The van der Waals surface area contributed by atoms with Gasteiger partial charge in [-0.2, -0.15) is 0 Å². The molecule has 0 radical (unpaired) electrons. The maximum Gasteiger partial charge on any atom is 0.230 e. The monoisotopic (exact) mass is 313 g/mol. The lowest BCUT2D eigenvalue weighted by Crippen LogP contribution is -2.46. The lowest BCUT2D eigenvalue weighted by atomic mass is 9.78. The van der Waals surface area contributed by atoms with Crippen LogP contribution in [-0.2, 0) is 16.6 Å². The summed E-state index contributed by atoms with van der Waals surface area (Å²) in [6.45, 7) is 2.10. The summed E-state index contributed by atoms with van der Waals surface area (Å²) in [5, 5.41) is 5.36. The first-order chi connectivity index (χ1) is 10.7. The normalized spacial score (nSPS) is 18.0. The third kappa shape index (κ3) is 3.09. The van der Waals surface area contributed by atoms with E-state index in [1.54, 1.807) is 11.3 Å². The largest absolute Gasteiger partial charge is 0.353 e. The van der Waals surface area contributed by atoms with Gasteiger partial charge in [0.1, 0.15) is 0 Å². The van der Waals surface area contributed by atoms with Crippen molar-refractivity contribution in [2.45, 2.75) is 50.5 Å². The van der Waals surface area contributed by atoms with Gasteiger partial charge in [0, 0.05) is 17.3 Å². The van der Waals surface area contributed by atoms with Crippen LogP contribution >= 0.6 is 11.3 Å².